The molecule has 27 heavy (non-hydrogen) atoms. The fourth-order valence-electron chi connectivity index (χ4n) is 3.22. The Kier molecular flexibility index (Phi) is 5.30. The normalized spacial score (nSPS) is 20.7. The number of aromatic nitrogens is 1. The molecule has 7 nitrogen and oxygen atoms in total. The lowest BCUT2D eigenvalue weighted by Crippen LogP contribution is -2.26. The van der Waals surface area contributed by atoms with Gasteiger partial charge in [0.2, 0.25) is 0 Å². The summed E-state index contributed by atoms with van der Waals surface area (Å²) in [5.41, 5.74) is 6.46. The van der Waals surface area contributed by atoms with Crippen LogP contribution in [-0.4, -0.2) is 28.6 Å². The summed E-state index contributed by atoms with van der Waals surface area (Å²) in [5, 5.41) is 9.28. The maximum atomic E-state index is 12.3. The zero-order valence-corrected chi connectivity index (χ0v) is 15.1. The van der Waals surface area contributed by atoms with Gasteiger partial charge in [0.25, 0.3) is 0 Å². The molecular weight excluding hydrogens is 348 g/mol. The van der Waals surface area contributed by atoms with Crippen LogP contribution in [0.2, 0.25) is 0 Å². The minimum absolute atomic E-state index is 0.235. The van der Waals surface area contributed by atoms with Gasteiger partial charge in [-0.25, -0.2) is 4.98 Å². The number of carbonyl (C=O) groups is 2. The van der Waals surface area contributed by atoms with Crippen LogP contribution in [0, 0.1) is 11.3 Å². The number of anilines is 1. The number of carbonyl (C=O) groups excluding carboxylic acids is 1. The van der Waals surface area contributed by atoms with Gasteiger partial charge in [0.05, 0.1) is 17.9 Å². The molecule has 2 aromatic rings. The average Bonchev–Trinajstić information content (AvgIpc) is 3.37. The van der Waals surface area contributed by atoms with Crippen LogP contribution in [0.25, 0.3) is 0 Å². The van der Waals surface area contributed by atoms with Crippen LogP contribution in [0.5, 0.6) is 5.75 Å². The Morgan fingerprint density at radius 1 is 1.26 bits per heavy atom. The van der Waals surface area contributed by atoms with Gasteiger partial charge < -0.3 is 20.3 Å². The summed E-state index contributed by atoms with van der Waals surface area (Å²) in [5.74, 6) is -0.977. The smallest absolute Gasteiger partial charge is 0.313 e. The van der Waals surface area contributed by atoms with Crippen molar-refractivity contribution in [1.29, 1.82) is 0 Å². The number of carboxylic acids is 1. The number of benzene rings is 1. The van der Waals surface area contributed by atoms with Crippen molar-refractivity contribution in [3.63, 3.8) is 0 Å². The molecule has 142 valence electrons. The number of aliphatic carboxylic acids is 1. The number of rotatable bonds is 8. The first-order valence-corrected chi connectivity index (χ1v) is 8.77. The number of pyridine rings is 1. The molecule has 0 unspecified atom stereocenters. The lowest BCUT2D eigenvalue weighted by atomic mass is 9.94. The molecule has 1 heterocycles. The second kappa shape index (κ2) is 7.65. The highest BCUT2D eigenvalue weighted by Gasteiger charge is 2.64. The third-order valence-corrected chi connectivity index (χ3v) is 4.75. The lowest BCUT2D eigenvalue weighted by molar-refractivity contribution is -0.153. The molecule has 2 atom stereocenters. The summed E-state index contributed by atoms with van der Waals surface area (Å²) in [6.45, 7) is 2.31. The quantitative estimate of drug-likeness (QED) is 0.686. The SMILES string of the molecule is CCOC(=O)[C@@]1(Cc2ccc(OCc3ccnc(N)c3)cc2)C[C@@H]1C(=O)O. The van der Waals surface area contributed by atoms with Gasteiger partial charge in [-0.15, -0.1) is 0 Å². The number of hydrogen-bond donors (Lipinski definition) is 2. The molecule has 0 saturated heterocycles. The van der Waals surface area contributed by atoms with E-state index in [0.717, 1.165) is 11.1 Å². The van der Waals surface area contributed by atoms with Gasteiger partial charge in [0.15, 0.2) is 0 Å². The number of ether oxygens (including phenoxy) is 2. The van der Waals surface area contributed by atoms with Gasteiger partial charge in [0, 0.05) is 6.20 Å². The van der Waals surface area contributed by atoms with Gasteiger partial charge in [-0.2, -0.15) is 0 Å². The highest BCUT2D eigenvalue weighted by atomic mass is 16.5. The maximum absolute atomic E-state index is 12.3. The highest BCUT2D eigenvalue weighted by molar-refractivity contribution is 5.90. The number of nitrogens with zero attached hydrogens (tertiary/aromatic N) is 1. The molecule has 1 aromatic carbocycles. The van der Waals surface area contributed by atoms with E-state index < -0.39 is 23.3 Å². The Morgan fingerprint density at radius 2 is 2.00 bits per heavy atom. The van der Waals surface area contributed by atoms with Gasteiger partial charge in [0.1, 0.15) is 18.2 Å². The summed E-state index contributed by atoms with van der Waals surface area (Å²) in [6, 6.07) is 10.9. The van der Waals surface area contributed by atoms with E-state index in [1.54, 1.807) is 31.3 Å². The summed E-state index contributed by atoms with van der Waals surface area (Å²) in [7, 11) is 0. The van der Waals surface area contributed by atoms with Gasteiger partial charge >= 0.3 is 11.9 Å². The van der Waals surface area contributed by atoms with Crippen molar-refractivity contribution < 1.29 is 24.2 Å². The van der Waals surface area contributed by atoms with Crippen molar-refractivity contribution in [2.45, 2.75) is 26.4 Å². The van der Waals surface area contributed by atoms with Crippen molar-refractivity contribution in [2.75, 3.05) is 12.3 Å². The molecule has 1 fully saturated rings. The topological polar surface area (TPSA) is 112 Å². The number of nitrogen functional groups attached to an aromatic ring is 1. The summed E-state index contributed by atoms with van der Waals surface area (Å²) >= 11 is 0. The molecule has 1 saturated carbocycles. The summed E-state index contributed by atoms with van der Waals surface area (Å²) in [4.78, 5) is 27.5. The number of nitrogens with two attached hydrogens (primary N) is 1. The maximum Gasteiger partial charge on any atom is 0.313 e. The minimum Gasteiger partial charge on any atom is -0.489 e. The standard InChI is InChI=1S/C20H22N2O5/c1-2-26-19(25)20(11-16(20)18(23)24)10-13-3-5-15(6-4-13)27-12-14-7-8-22-17(21)9-14/h3-9,16H,2,10-12H2,1H3,(H2,21,22)(H,23,24)/t16-,20+/m1/s1. The predicted molar refractivity (Wildman–Crippen MR) is 97.9 cm³/mol. The van der Waals surface area contributed by atoms with E-state index in [1.807, 2.05) is 18.2 Å². The van der Waals surface area contributed by atoms with Crippen LogP contribution in [-0.2, 0) is 27.4 Å². The molecule has 0 radical (unpaired) electrons. The highest BCUT2D eigenvalue weighted by Crippen LogP contribution is 2.56. The van der Waals surface area contributed by atoms with E-state index >= 15 is 0 Å². The van der Waals surface area contributed by atoms with Crippen molar-refractivity contribution >= 4 is 17.8 Å². The Labute approximate surface area is 157 Å². The Morgan fingerprint density at radius 3 is 2.59 bits per heavy atom. The largest absolute Gasteiger partial charge is 0.489 e. The molecule has 1 aliphatic carbocycles. The van der Waals surface area contributed by atoms with Crippen molar-refractivity contribution in [3.05, 3.63) is 53.7 Å². The number of hydrogen-bond acceptors (Lipinski definition) is 6. The first-order chi connectivity index (χ1) is 12.9. The van der Waals surface area contributed by atoms with Crippen LogP contribution in [0.3, 0.4) is 0 Å². The second-order valence-corrected chi connectivity index (χ2v) is 6.67. The first-order valence-electron chi connectivity index (χ1n) is 8.77. The molecular formula is C20H22N2O5. The van der Waals surface area contributed by atoms with Crippen LogP contribution >= 0.6 is 0 Å². The fourth-order valence-corrected chi connectivity index (χ4v) is 3.22. The van der Waals surface area contributed by atoms with Crippen molar-refractivity contribution in [2.24, 2.45) is 11.3 Å². The summed E-state index contributed by atoms with van der Waals surface area (Å²) in [6.07, 6.45) is 2.27. The van der Waals surface area contributed by atoms with Crippen LogP contribution < -0.4 is 10.5 Å². The third-order valence-electron chi connectivity index (χ3n) is 4.75. The van der Waals surface area contributed by atoms with E-state index in [1.165, 1.54) is 0 Å². The minimum atomic E-state index is -0.960. The predicted octanol–water partition coefficient (Wildman–Crippen LogP) is 2.44. The van der Waals surface area contributed by atoms with E-state index in [4.69, 9.17) is 15.2 Å². The van der Waals surface area contributed by atoms with Crippen LogP contribution in [0.15, 0.2) is 42.6 Å². The van der Waals surface area contributed by atoms with E-state index in [2.05, 4.69) is 4.98 Å². The zero-order valence-electron chi connectivity index (χ0n) is 15.1. The summed E-state index contributed by atoms with van der Waals surface area (Å²) < 4.78 is 10.8. The van der Waals surface area contributed by atoms with Crippen molar-refractivity contribution in [3.8, 4) is 5.75 Å². The van der Waals surface area contributed by atoms with E-state index in [0.29, 0.717) is 31.0 Å². The van der Waals surface area contributed by atoms with Gasteiger partial charge in [-0.1, -0.05) is 12.1 Å². The molecule has 1 aromatic heterocycles. The van der Waals surface area contributed by atoms with Crippen LogP contribution in [0.1, 0.15) is 24.5 Å². The average molecular weight is 370 g/mol. The third kappa shape index (κ3) is 4.19. The molecule has 0 bridgehead atoms. The first kappa shape index (κ1) is 18.7. The molecule has 3 N–H and O–H groups in total. The Hall–Kier alpha value is -3.09. The molecule has 0 aliphatic heterocycles. The number of carboxylic acid groups (broad SMARTS) is 1. The zero-order chi connectivity index (χ0) is 19.4. The monoisotopic (exact) mass is 370 g/mol. The molecule has 3 rings (SSSR count). The second-order valence-electron chi connectivity index (χ2n) is 6.67. The van der Waals surface area contributed by atoms with Gasteiger partial charge in [-0.3, -0.25) is 9.59 Å². The van der Waals surface area contributed by atoms with E-state index in [-0.39, 0.29) is 6.61 Å². The van der Waals surface area contributed by atoms with Crippen molar-refractivity contribution in [1.82, 2.24) is 4.98 Å². The molecule has 7 heteroatoms. The van der Waals surface area contributed by atoms with E-state index in [9.17, 15) is 14.7 Å². The lowest BCUT2D eigenvalue weighted by Gasteiger charge is -2.15. The molecule has 0 amide bonds. The van der Waals surface area contributed by atoms with Gasteiger partial charge in [-0.05, 0) is 55.2 Å². The Bertz CT molecular complexity index is 837. The number of esters is 1. The Balaban J connectivity index is 1.64. The van der Waals surface area contributed by atoms with Crippen LogP contribution in [0.4, 0.5) is 5.82 Å². The molecule has 1 aliphatic rings. The molecule has 0 spiro atoms. The fraction of sp³-hybridized carbons (Fsp3) is 0.350.